The van der Waals surface area contributed by atoms with Crippen LogP contribution in [0.5, 0.6) is 11.5 Å². The van der Waals surface area contributed by atoms with Gasteiger partial charge in [-0.1, -0.05) is 13.0 Å². The van der Waals surface area contributed by atoms with Crippen molar-refractivity contribution in [2.75, 3.05) is 26.4 Å². The van der Waals surface area contributed by atoms with Crippen molar-refractivity contribution < 1.29 is 14.6 Å². The predicted molar refractivity (Wildman–Crippen MR) is 65.4 cm³/mol. The standard InChI is InChI=1S/C13H19NO3/c1-13(8-14,9-15)7-10-2-3-11-12(6-10)17-5-4-16-11/h2-3,6,15H,4-5,7-9,14H2,1H3. The Balaban J connectivity index is 2.17. The van der Waals surface area contributed by atoms with E-state index in [1.54, 1.807) is 0 Å². The summed E-state index contributed by atoms with van der Waals surface area (Å²) in [6.45, 7) is 3.70. The van der Waals surface area contributed by atoms with Gasteiger partial charge in [0.15, 0.2) is 11.5 Å². The second kappa shape index (κ2) is 4.94. The van der Waals surface area contributed by atoms with E-state index in [0.717, 1.165) is 23.5 Å². The molecule has 0 aliphatic carbocycles. The molecule has 94 valence electrons. The van der Waals surface area contributed by atoms with Crippen molar-refractivity contribution in [2.45, 2.75) is 13.3 Å². The normalized spacial score (nSPS) is 17.6. The molecule has 4 heteroatoms. The Bertz CT molecular complexity index is 388. The molecular weight excluding hydrogens is 218 g/mol. The van der Waals surface area contributed by atoms with E-state index in [2.05, 4.69) is 0 Å². The molecule has 1 aliphatic rings. The molecule has 17 heavy (non-hydrogen) atoms. The highest BCUT2D eigenvalue weighted by atomic mass is 16.6. The van der Waals surface area contributed by atoms with E-state index < -0.39 is 0 Å². The summed E-state index contributed by atoms with van der Waals surface area (Å²) in [5, 5.41) is 9.35. The van der Waals surface area contributed by atoms with Crippen LogP contribution in [0, 0.1) is 5.41 Å². The molecule has 0 spiro atoms. The number of aliphatic hydroxyl groups is 1. The second-order valence-electron chi connectivity index (χ2n) is 4.83. The van der Waals surface area contributed by atoms with Crippen LogP contribution in [0.2, 0.25) is 0 Å². The molecule has 3 N–H and O–H groups in total. The molecule has 0 fully saturated rings. The van der Waals surface area contributed by atoms with E-state index in [0.29, 0.717) is 19.8 Å². The van der Waals surface area contributed by atoms with Crippen LogP contribution in [0.15, 0.2) is 18.2 Å². The molecule has 1 aliphatic heterocycles. The van der Waals surface area contributed by atoms with Crippen LogP contribution in [0.1, 0.15) is 12.5 Å². The van der Waals surface area contributed by atoms with Gasteiger partial charge in [-0.15, -0.1) is 0 Å². The highest BCUT2D eigenvalue weighted by Crippen LogP contribution is 2.32. The molecule has 1 aromatic carbocycles. The lowest BCUT2D eigenvalue weighted by Gasteiger charge is -2.26. The zero-order valence-electron chi connectivity index (χ0n) is 10.1. The molecule has 1 unspecified atom stereocenters. The minimum atomic E-state index is -0.274. The molecule has 2 rings (SSSR count). The van der Waals surface area contributed by atoms with Gasteiger partial charge in [-0.3, -0.25) is 0 Å². The van der Waals surface area contributed by atoms with Gasteiger partial charge < -0.3 is 20.3 Å². The summed E-state index contributed by atoms with van der Waals surface area (Å²) in [5.41, 5.74) is 6.52. The fraction of sp³-hybridized carbons (Fsp3) is 0.538. The van der Waals surface area contributed by atoms with Crippen molar-refractivity contribution in [1.82, 2.24) is 0 Å². The number of rotatable bonds is 4. The zero-order chi connectivity index (χ0) is 12.3. The van der Waals surface area contributed by atoms with E-state index in [9.17, 15) is 5.11 Å². The minimum absolute atomic E-state index is 0.0813. The Labute approximate surface area is 101 Å². The van der Waals surface area contributed by atoms with E-state index in [1.165, 1.54) is 0 Å². The van der Waals surface area contributed by atoms with Crippen molar-refractivity contribution in [3.05, 3.63) is 23.8 Å². The smallest absolute Gasteiger partial charge is 0.161 e. The number of ether oxygens (including phenoxy) is 2. The van der Waals surface area contributed by atoms with Crippen LogP contribution in [-0.2, 0) is 6.42 Å². The van der Waals surface area contributed by atoms with Gasteiger partial charge in [0.25, 0.3) is 0 Å². The van der Waals surface area contributed by atoms with Crippen LogP contribution in [0.3, 0.4) is 0 Å². The lowest BCUT2D eigenvalue weighted by molar-refractivity contribution is 0.148. The number of fused-ring (bicyclic) bond motifs is 1. The average molecular weight is 237 g/mol. The lowest BCUT2D eigenvalue weighted by atomic mass is 9.84. The third kappa shape index (κ3) is 2.70. The maximum atomic E-state index is 9.35. The second-order valence-corrected chi connectivity index (χ2v) is 4.83. The van der Waals surface area contributed by atoms with Crippen molar-refractivity contribution >= 4 is 0 Å². The van der Waals surface area contributed by atoms with Crippen molar-refractivity contribution in [2.24, 2.45) is 11.1 Å². The number of benzene rings is 1. The van der Waals surface area contributed by atoms with Gasteiger partial charge in [-0.05, 0) is 24.1 Å². The monoisotopic (exact) mass is 237 g/mol. The first-order valence-corrected chi connectivity index (χ1v) is 5.86. The molecular formula is C13H19NO3. The van der Waals surface area contributed by atoms with E-state index in [-0.39, 0.29) is 12.0 Å². The first-order chi connectivity index (χ1) is 8.17. The number of hydrogen-bond donors (Lipinski definition) is 2. The number of aliphatic hydroxyl groups excluding tert-OH is 1. The van der Waals surface area contributed by atoms with Gasteiger partial charge in [-0.2, -0.15) is 0 Å². The van der Waals surface area contributed by atoms with Crippen LogP contribution in [-0.4, -0.2) is 31.5 Å². The SMILES string of the molecule is CC(CN)(CO)Cc1ccc2c(c1)OCCO2. The van der Waals surface area contributed by atoms with Gasteiger partial charge in [0.2, 0.25) is 0 Å². The highest BCUT2D eigenvalue weighted by molar-refractivity contribution is 5.44. The van der Waals surface area contributed by atoms with Crippen molar-refractivity contribution in [1.29, 1.82) is 0 Å². The Morgan fingerprint density at radius 2 is 2.00 bits per heavy atom. The molecule has 0 amide bonds. The van der Waals surface area contributed by atoms with Crippen LogP contribution in [0.4, 0.5) is 0 Å². The molecule has 1 heterocycles. The van der Waals surface area contributed by atoms with E-state index in [1.807, 2.05) is 25.1 Å². The van der Waals surface area contributed by atoms with Crippen LogP contribution >= 0.6 is 0 Å². The number of nitrogens with two attached hydrogens (primary N) is 1. The van der Waals surface area contributed by atoms with Gasteiger partial charge in [-0.25, -0.2) is 0 Å². The van der Waals surface area contributed by atoms with Crippen LogP contribution < -0.4 is 15.2 Å². The minimum Gasteiger partial charge on any atom is -0.486 e. The Kier molecular flexibility index (Phi) is 3.54. The van der Waals surface area contributed by atoms with E-state index >= 15 is 0 Å². The molecule has 0 aromatic heterocycles. The van der Waals surface area contributed by atoms with Crippen LogP contribution in [0.25, 0.3) is 0 Å². The average Bonchev–Trinajstić information content (AvgIpc) is 2.38. The molecule has 4 nitrogen and oxygen atoms in total. The third-order valence-corrected chi connectivity index (χ3v) is 3.11. The topological polar surface area (TPSA) is 64.7 Å². The summed E-state index contributed by atoms with van der Waals surface area (Å²) in [6, 6.07) is 5.88. The molecule has 0 saturated heterocycles. The maximum absolute atomic E-state index is 9.35. The first-order valence-electron chi connectivity index (χ1n) is 5.86. The third-order valence-electron chi connectivity index (χ3n) is 3.11. The number of hydrogen-bond acceptors (Lipinski definition) is 4. The molecule has 0 saturated carbocycles. The van der Waals surface area contributed by atoms with Crippen molar-refractivity contribution in [3.63, 3.8) is 0 Å². The van der Waals surface area contributed by atoms with Crippen molar-refractivity contribution in [3.8, 4) is 11.5 Å². The predicted octanol–water partition coefficient (Wildman–Crippen LogP) is 0.958. The first kappa shape index (κ1) is 12.2. The molecule has 0 radical (unpaired) electrons. The largest absolute Gasteiger partial charge is 0.486 e. The van der Waals surface area contributed by atoms with Gasteiger partial charge >= 0.3 is 0 Å². The Morgan fingerprint density at radius 3 is 2.65 bits per heavy atom. The fourth-order valence-corrected chi connectivity index (χ4v) is 1.88. The fourth-order valence-electron chi connectivity index (χ4n) is 1.88. The summed E-state index contributed by atoms with van der Waals surface area (Å²) < 4.78 is 11.0. The quantitative estimate of drug-likeness (QED) is 0.818. The van der Waals surface area contributed by atoms with Gasteiger partial charge in [0, 0.05) is 18.6 Å². The molecule has 1 atom stereocenters. The summed E-state index contributed by atoms with van der Waals surface area (Å²) in [6.07, 6.45) is 0.733. The van der Waals surface area contributed by atoms with E-state index in [4.69, 9.17) is 15.2 Å². The van der Waals surface area contributed by atoms with Gasteiger partial charge in [0.1, 0.15) is 13.2 Å². The Hall–Kier alpha value is -1.26. The summed E-state index contributed by atoms with van der Waals surface area (Å²) >= 11 is 0. The molecule has 1 aromatic rings. The summed E-state index contributed by atoms with van der Waals surface area (Å²) in [7, 11) is 0. The van der Waals surface area contributed by atoms with Gasteiger partial charge in [0.05, 0.1) is 0 Å². The maximum Gasteiger partial charge on any atom is 0.161 e. The zero-order valence-corrected chi connectivity index (χ0v) is 10.1. The Morgan fingerprint density at radius 1 is 1.29 bits per heavy atom. The highest BCUT2D eigenvalue weighted by Gasteiger charge is 2.23. The lowest BCUT2D eigenvalue weighted by Crippen LogP contribution is -2.33. The summed E-state index contributed by atoms with van der Waals surface area (Å²) in [5.74, 6) is 1.57. The molecule has 0 bridgehead atoms. The summed E-state index contributed by atoms with van der Waals surface area (Å²) in [4.78, 5) is 0.